The summed E-state index contributed by atoms with van der Waals surface area (Å²) in [6.07, 6.45) is 0.840. The fourth-order valence-corrected chi connectivity index (χ4v) is 2.90. The molecule has 0 aliphatic heterocycles. The zero-order valence-corrected chi connectivity index (χ0v) is 13.6. The Bertz CT molecular complexity index is 638. The molecule has 5 heteroatoms. The normalized spacial score (nSPS) is 12.0. The molecule has 0 aromatic heterocycles. The number of nitrogens with one attached hydrogen (secondary N) is 1. The van der Waals surface area contributed by atoms with Gasteiger partial charge in [0.2, 0.25) is 0 Å². The van der Waals surface area contributed by atoms with E-state index in [0.717, 1.165) is 27.7 Å². The van der Waals surface area contributed by atoms with Gasteiger partial charge in [0.05, 0.1) is 11.0 Å². The predicted octanol–water partition coefficient (Wildman–Crippen LogP) is 5.23. The van der Waals surface area contributed by atoms with Crippen molar-refractivity contribution < 1.29 is 4.92 Å². The first kappa shape index (κ1) is 15.5. The quantitative estimate of drug-likeness (QED) is 0.594. The number of aryl methyl sites for hydroxylation is 1. The molecule has 0 spiro atoms. The van der Waals surface area contributed by atoms with Crippen LogP contribution in [0.5, 0.6) is 0 Å². The lowest BCUT2D eigenvalue weighted by atomic mass is 10.0. The van der Waals surface area contributed by atoms with E-state index >= 15 is 0 Å². The summed E-state index contributed by atoms with van der Waals surface area (Å²) >= 11 is 3.48. The van der Waals surface area contributed by atoms with Gasteiger partial charge in [0.25, 0.3) is 5.69 Å². The van der Waals surface area contributed by atoms with E-state index in [-0.39, 0.29) is 16.7 Å². The third kappa shape index (κ3) is 4.04. The van der Waals surface area contributed by atoms with Crippen LogP contribution in [-0.4, -0.2) is 4.92 Å². The van der Waals surface area contributed by atoms with E-state index in [0.29, 0.717) is 0 Å². The van der Waals surface area contributed by atoms with E-state index < -0.39 is 0 Å². The minimum atomic E-state index is -0.362. The molecule has 0 aliphatic carbocycles. The highest BCUT2D eigenvalue weighted by atomic mass is 79.9. The van der Waals surface area contributed by atoms with Gasteiger partial charge in [0.1, 0.15) is 0 Å². The van der Waals surface area contributed by atoms with Gasteiger partial charge >= 0.3 is 0 Å². The first-order valence-electron chi connectivity index (χ1n) is 6.77. The Morgan fingerprint density at radius 1 is 1.29 bits per heavy atom. The van der Waals surface area contributed by atoms with Gasteiger partial charge in [0, 0.05) is 22.3 Å². The maximum absolute atomic E-state index is 10.9. The Hall–Kier alpha value is -1.88. The van der Waals surface area contributed by atoms with Crippen LogP contribution in [0.2, 0.25) is 0 Å². The van der Waals surface area contributed by atoms with Crippen LogP contribution in [0.1, 0.15) is 30.5 Å². The Morgan fingerprint density at radius 2 is 2.05 bits per heavy atom. The second-order valence-electron chi connectivity index (χ2n) is 4.97. The van der Waals surface area contributed by atoms with Crippen LogP contribution in [-0.2, 0) is 0 Å². The highest BCUT2D eigenvalue weighted by Crippen LogP contribution is 2.27. The van der Waals surface area contributed by atoms with E-state index in [9.17, 15) is 10.1 Å². The maximum atomic E-state index is 10.9. The second kappa shape index (κ2) is 6.72. The molecule has 0 heterocycles. The molecular weight excluding hydrogens is 332 g/mol. The van der Waals surface area contributed by atoms with E-state index in [1.807, 2.05) is 25.1 Å². The molecular formula is C16H17BrN2O2. The molecule has 2 aromatic carbocycles. The Labute approximate surface area is 132 Å². The highest BCUT2D eigenvalue weighted by molar-refractivity contribution is 9.10. The number of nitro benzene ring substituents is 1. The first-order chi connectivity index (χ1) is 9.99. The van der Waals surface area contributed by atoms with Crippen molar-refractivity contribution in [1.29, 1.82) is 0 Å². The highest BCUT2D eigenvalue weighted by Gasteiger charge is 2.13. The maximum Gasteiger partial charge on any atom is 0.269 e. The van der Waals surface area contributed by atoms with Gasteiger partial charge in [0.15, 0.2) is 0 Å². The Kier molecular flexibility index (Phi) is 4.96. The molecule has 21 heavy (non-hydrogen) atoms. The molecule has 0 saturated heterocycles. The van der Waals surface area contributed by atoms with Crippen LogP contribution in [0, 0.1) is 17.0 Å². The van der Waals surface area contributed by atoms with Crippen molar-refractivity contribution in [2.24, 2.45) is 0 Å². The first-order valence-corrected chi connectivity index (χ1v) is 7.57. The van der Waals surface area contributed by atoms with Crippen molar-refractivity contribution >= 4 is 27.3 Å². The summed E-state index contributed by atoms with van der Waals surface area (Å²) in [7, 11) is 0. The average molecular weight is 349 g/mol. The van der Waals surface area contributed by atoms with Gasteiger partial charge < -0.3 is 5.32 Å². The molecule has 0 fully saturated rings. The molecule has 0 radical (unpaired) electrons. The number of nitro groups is 1. The number of hydrogen-bond acceptors (Lipinski definition) is 3. The summed E-state index contributed by atoms with van der Waals surface area (Å²) in [4.78, 5) is 10.5. The van der Waals surface area contributed by atoms with Gasteiger partial charge in [-0.1, -0.05) is 35.0 Å². The molecule has 0 amide bonds. The predicted molar refractivity (Wildman–Crippen MR) is 88.6 cm³/mol. The number of halogens is 1. The van der Waals surface area contributed by atoms with E-state index in [1.165, 1.54) is 6.07 Å². The molecule has 0 saturated carbocycles. The van der Waals surface area contributed by atoms with Gasteiger partial charge in [-0.15, -0.1) is 0 Å². The van der Waals surface area contributed by atoms with Gasteiger partial charge in [-0.25, -0.2) is 0 Å². The van der Waals surface area contributed by atoms with Crippen molar-refractivity contribution in [1.82, 2.24) is 0 Å². The fourth-order valence-electron chi connectivity index (χ4n) is 2.30. The molecule has 2 aromatic rings. The SMILES string of the molecule is CCC(Nc1cc(C)cc(Br)c1)c1cccc([N+](=O)[O-])c1. The fraction of sp³-hybridized carbons (Fsp3) is 0.250. The van der Waals surface area contributed by atoms with Crippen molar-refractivity contribution in [3.63, 3.8) is 0 Å². The smallest absolute Gasteiger partial charge is 0.269 e. The van der Waals surface area contributed by atoms with E-state index in [1.54, 1.807) is 12.1 Å². The van der Waals surface area contributed by atoms with E-state index in [4.69, 9.17) is 0 Å². The largest absolute Gasteiger partial charge is 0.378 e. The molecule has 1 N–H and O–H groups in total. The van der Waals surface area contributed by atoms with Gasteiger partial charge in [-0.05, 0) is 42.7 Å². The van der Waals surface area contributed by atoms with E-state index in [2.05, 4.69) is 34.2 Å². The molecule has 1 unspecified atom stereocenters. The van der Waals surface area contributed by atoms with Crippen molar-refractivity contribution in [2.75, 3.05) is 5.32 Å². The molecule has 0 aliphatic rings. The number of hydrogen-bond donors (Lipinski definition) is 1. The summed E-state index contributed by atoms with van der Waals surface area (Å²) in [6, 6.07) is 12.9. The van der Waals surface area contributed by atoms with Crippen molar-refractivity contribution in [3.05, 3.63) is 68.2 Å². The molecule has 0 bridgehead atoms. The summed E-state index contributed by atoms with van der Waals surface area (Å²) in [6.45, 7) is 4.09. The Balaban J connectivity index is 2.27. The van der Waals surface area contributed by atoms with Crippen LogP contribution < -0.4 is 5.32 Å². The number of benzene rings is 2. The summed E-state index contributed by atoms with van der Waals surface area (Å²) in [5.41, 5.74) is 3.20. The van der Waals surface area contributed by atoms with Crippen molar-refractivity contribution in [2.45, 2.75) is 26.3 Å². The van der Waals surface area contributed by atoms with Crippen LogP contribution in [0.3, 0.4) is 0 Å². The average Bonchev–Trinajstić information content (AvgIpc) is 2.44. The minimum Gasteiger partial charge on any atom is -0.378 e. The third-order valence-corrected chi connectivity index (χ3v) is 3.73. The van der Waals surface area contributed by atoms with Crippen LogP contribution in [0.4, 0.5) is 11.4 Å². The number of nitrogens with zero attached hydrogens (tertiary/aromatic N) is 1. The van der Waals surface area contributed by atoms with Crippen LogP contribution in [0.15, 0.2) is 46.9 Å². The summed E-state index contributed by atoms with van der Waals surface area (Å²) in [5, 5.41) is 14.3. The molecule has 1 atom stereocenters. The summed E-state index contributed by atoms with van der Waals surface area (Å²) in [5.74, 6) is 0. The van der Waals surface area contributed by atoms with Crippen molar-refractivity contribution in [3.8, 4) is 0 Å². The zero-order valence-electron chi connectivity index (χ0n) is 12.0. The van der Waals surface area contributed by atoms with Crippen LogP contribution >= 0.6 is 15.9 Å². The number of non-ortho nitro benzene ring substituents is 1. The third-order valence-electron chi connectivity index (χ3n) is 3.27. The molecule has 2 rings (SSSR count). The monoisotopic (exact) mass is 348 g/mol. The minimum absolute atomic E-state index is 0.0404. The van der Waals surface area contributed by atoms with Gasteiger partial charge in [-0.2, -0.15) is 0 Å². The number of rotatable bonds is 5. The standard InChI is InChI=1S/C16H17BrN2O2/c1-3-16(12-5-4-6-15(9-12)19(20)21)18-14-8-11(2)7-13(17)10-14/h4-10,16,18H,3H2,1-2H3. The summed E-state index contributed by atoms with van der Waals surface area (Å²) < 4.78 is 1.01. The number of anilines is 1. The topological polar surface area (TPSA) is 55.2 Å². The molecule has 4 nitrogen and oxygen atoms in total. The zero-order chi connectivity index (χ0) is 15.4. The second-order valence-corrected chi connectivity index (χ2v) is 5.89. The lowest BCUT2D eigenvalue weighted by molar-refractivity contribution is -0.384. The lowest BCUT2D eigenvalue weighted by Crippen LogP contribution is -2.10. The Morgan fingerprint density at radius 3 is 2.67 bits per heavy atom. The molecule has 110 valence electrons. The lowest BCUT2D eigenvalue weighted by Gasteiger charge is -2.19. The van der Waals surface area contributed by atoms with Crippen LogP contribution in [0.25, 0.3) is 0 Å². The van der Waals surface area contributed by atoms with Gasteiger partial charge in [-0.3, -0.25) is 10.1 Å².